The molecule has 0 saturated carbocycles. The molecule has 0 aliphatic carbocycles. The van der Waals surface area contributed by atoms with E-state index >= 15 is 0 Å². The van der Waals surface area contributed by atoms with Crippen LogP contribution in [0, 0.1) is 17.1 Å². The van der Waals surface area contributed by atoms with Crippen LogP contribution in [0.5, 0.6) is 5.75 Å². The predicted octanol–water partition coefficient (Wildman–Crippen LogP) is -0.614. The maximum Gasteiger partial charge on any atom is 0.495 e. The summed E-state index contributed by atoms with van der Waals surface area (Å²) in [6, 6.07) is 4.10. The molecule has 0 fully saturated rings. The highest BCUT2D eigenvalue weighted by atomic mass is 19.1. The van der Waals surface area contributed by atoms with Gasteiger partial charge < -0.3 is 14.8 Å². The van der Waals surface area contributed by atoms with Gasteiger partial charge in [0, 0.05) is 0 Å². The lowest BCUT2D eigenvalue weighted by Gasteiger charge is -2.08. The zero-order valence-corrected chi connectivity index (χ0v) is 7.36. The molecule has 2 N–H and O–H groups in total. The Kier molecular flexibility index (Phi) is 3.07. The van der Waals surface area contributed by atoms with Gasteiger partial charge in [0.25, 0.3) is 0 Å². The van der Waals surface area contributed by atoms with E-state index in [4.69, 9.17) is 20.0 Å². The van der Waals surface area contributed by atoms with E-state index in [0.717, 1.165) is 0 Å². The quantitative estimate of drug-likeness (QED) is 0.617. The van der Waals surface area contributed by atoms with Crippen molar-refractivity contribution in [2.45, 2.75) is 0 Å². The van der Waals surface area contributed by atoms with Crippen molar-refractivity contribution < 1.29 is 19.2 Å². The normalized spacial score (nSPS) is 9.36. The highest BCUT2D eigenvalue weighted by molar-refractivity contribution is 6.59. The first-order valence-electron chi connectivity index (χ1n) is 3.74. The Hall–Kier alpha value is -1.58. The number of hydrogen-bond acceptors (Lipinski definition) is 4. The molecule has 1 rings (SSSR count). The van der Waals surface area contributed by atoms with Gasteiger partial charge in [-0.25, -0.2) is 4.39 Å². The van der Waals surface area contributed by atoms with E-state index in [2.05, 4.69) is 0 Å². The third-order valence-corrected chi connectivity index (χ3v) is 1.74. The molecule has 6 heteroatoms. The Morgan fingerprint density at radius 3 is 2.57 bits per heavy atom. The summed E-state index contributed by atoms with van der Waals surface area (Å²) in [4.78, 5) is 0. The van der Waals surface area contributed by atoms with Crippen molar-refractivity contribution in [1.29, 1.82) is 5.26 Å². The molecule has 0 heterocycles. The van der Waals surface area contributed by atoms with Crippen molar-refractivity contribution in [3.63, 3.8) is 0 Å². The lowest BCUT2D eigenvalue weighted by Crippen LogP contribution is -2.34. The van der Waals surface area contributed by atoms with Crippen LogP contribution in [0.4, 0.5) is 4.39 Å². The maximum atomic E-state index is 13.3. The lowest BCUT2D eigenvalue weighted by molar-refractivity contribution is 0.398. The molecule has 1 aromatic carbocycles. The van der Waals surface area contributed by atoms with Crippen molar-refractivity contribution in [2.24, 2.45) is 0 Å². The third-order valence-electron chi connectivity index (χ3n) is 1.74. The van der Waals surface area contributed by atoms with Crippen LogP contribution in [0.1, 0.15) is 5.56 Å². The van der Waals surface area contributed by atoms with Crippen LogP contribution < -0.4 is 10.2 Å². The summed E-state index contributed by atoms with van der Waals surface area (Å²) in [7, 11) is -0.731. The molecule has 0 bridgehead atoms. The van der Waals surface area contributed by atoms with E-state index < -0.39 is 18.4 Å². The molecular weight excluding hydrogens is 188 g/mol. The molecule has 0 unspecified atom stereocenters. The Morgan fingerprint density at radius 2 is 2.14 bits per heavy atom. The van der Waals surface area contributed by atoms with E-state index in [0.29, 0.717) is 0 Å². The number of nitriles is 1. The lowest BCUT2D eigenvalue weighted by atomic mass is 9.78. The van der Waals surface area contributed by atoms with E-state index in [1.165, 1.54) is 19.2 Å². The minimum absolute atomic E-state index is 0.00324. The van der Waals surface area contributed by atoms with Crippen molar-refractivity contribution in [1.82, 2.24) is 0 Å². The molecule has 0 atom stereocenters. The van der Waals surface area contributed by atoms with Crippen molar-refractivity contribution >= 4 is 12.6 Å². The second-order valence-corrected chi connectivity index (χ2v) is 2.53. The fourth-order valence-electron chi connectivity index (χ4n) is 1.08. The maximum absolute atomic E-state index is 13.3. The van der Waals surface area contributed by atoms with Gasteiger partial charge in [0.15, 0.2) is 0 Å². The molecule has 1 aromatic rings. The number of nitrogens with zero attached hydrogens (tertiary/aromatic N) is 1. The summed E-state index contributed by atoms with van der Waals surface area (Å²) in [6.45, 7) is 0. The summed E-state index contributed by atoms with van der Waals surface area (Å²) in [5, 5.41) is 26.2. The number of benzene rings is 1. The van der Waals surface area contributed by atoms with Gasteiger partial charge in [0.05, 0.1) is 18.1 Å². The smallest absolute Gasteiger partial charge is 0.495 e. The van der Waals surface area contributed by atoms with Crippen LogP contribution in [-0.4, -0.2) is 24.3 Å². The van der Waals surface area contributed by atoms with Gasteiger partial charge in [-0.2, -0.15) is 5.26 Å². The average molecular weight is 195 g/mol. The van der Waals surface area contributed by atoms with Gasteiger partial charge in [-0.15, -0.1) is 0 Å². The summed E-state index contributed by atoms with van der Waals surface area (Å²) >= 11 is 0. The summed E-state index contributed by atoms with van der Waals surface area (Å²) in [5.41, 5.74) is -0.680. The average Bonchev–Trinajstić information content (AvgIpc) is 2.16. The number of ether oxygens (including phenoxy) is 1. The first-order chi connectivity index (χ1) is 6.61. The number of rotatable bonds is 2. The molecule has 0 amide bonds. The minimum atomic E-state index is -2.00. The second-order valence-electron chi connectivity index (χ2n) is 2.53. The van der Waals surface area contributed by atoms with Crippen LogP contribution in [0.15, 0.2) is 12.1 Å². The summed E-state index contributed by atoms with van der Waals surface area (Å²) in [6.07, 6.45) is 0. The SMILES string of the molecule is COc1ccc(C#N)c(F)c1B(O)O. The molecule has 72 valence electrons. The van der Waals surface area contributed by atoms with Crippen molar-refractivity contribution in [2.75, 3.05) is 7.11 Å². The van der Waals surface area contributed by atoms with E-state index in [-0.39, 0.29) is 11.3 Å². The number of halogens is 1. The fourth-order valence-corrected chi connectivity index (χ4v) is 1.08. The van der Waals surface area contributed by atoms with Crippen LogP contribution >= 0.6 is 0 Å². The molecule has 0 aliphatic rings. The molecule has 0 saturated heterocycles. The molecule has 0 aromatic heterocycles. The number of methoxy groups -OCH3 is 1. The van der Waals surface area contributed by atoms with Gasteiger partial charge >= 0.3 is 7.12 Å². The van der Waals surface area contributed by atoms with Crippen LogP contribution in [-0.2, 0) is 0 Å². The molecule has 0 aliphatic heterocycles. The van der Waals surface area contributed by atoms with Crippen molar-refractivity contribution in [3.05, 3.63) is 23.5 Å². The van der Waals surface area contributed by atoms with E-state index in [1.54, 1.807) is 6.07 Å². The van der Waals surface area contributed by atoms with Crippen molar-refractivity contribution in [3.8, 4) is 11.8 Å². The topological polar surface area (TPSA) is 73.5 Å². The largest absolute Gasteiger partial charge is 0.497 e. The molecular formula is C8H7BFNO3. The van der Waals surface area contributed by atoms with E-state index in [1.807, 2.05) is 0 Å². The molecule has 0 spiro atoms. The van der Waals surface area contributed by atoms with Gasteiger partial charge in [0.1, 0.15) is 17.6 Å². The molecule has 14 heavy (non-hydrogen) atoms. The van der Waals surface area contributed by atoms with Crippen LogP contribution in [0.2, 0.25) is 0 Å². The molecule has 0 radical (unpaired) electrons. The van der Waals surface area contributed by atoms with Crippen LogP contribution in [0.3, 0.4) is 0 Å². The Morgan fingerprint density at radius 1 is 1.50 bits per heavy atom. The second kappa shape index (κ2) is 4.09. The highest BCUT2D eigenvalue weighted by Gasteiger charge is 2.24. The monoisotopic (exact) mass is 195 g/mol. The van der Waals surface area contributed by atoms with Gasteiger partial charge in [-0.05, 0) is 12.1 Å². The third kappa shape index (κ3) is 1.69. The van der Waals surface area contributed by atoms with Crippen LogP contribution in [0.25, 0.3) is 0 Å². The number of hydrogen-bond donors (Lipinski definition) is 2. The minimum Gasteiger partial charge on any atom is -0.497 e. The first-order valence-corrected chi connectivity index (χ1v) is 3.74. The standard InChI is InChI=1S/C8H7BFNO3/c1-14-6-3-2-5(4-11)8(10)7(6)9(12)13/h2-3,12-13H,1H3. The summed E-state index contributed by atoms with van der Waals surface area (Å²) < 4.78 is 18.1. The van der Waals surface area contributed by atoms with Gasteiger partial charge in [-0.3, -0.25) is 0 Å². The van der Waals surface area contributed by atoms with Gasteiger partial charge in [0.2, 0.25) is 0 Å². The summed E-state index contributed by atoms with van der Waals surface area (Å²) in [5.74, 6) is -0.974. The fraction of sp³-hybridized carbons (Fsp3) is 0.125. The molecule has 4 nitrogen and oxygen atoms in total. The zero-order chi connectivity index (χ0) is 10.7. The first kappa shape index (κ1) is 10.5. The Labute approximate surface area is 80.3 Å². The Balaban J connectivity index is 3.41. The zero-order valence-electron chi connectivity index (χ0n) is 7.36. The van der Waals surface area contributed by atoms with E-state index in [9.17, 15) is 4.39 Å². The predicted molar refractivity (Wildman–Crippen MR) is 47.5 cm³/mol. The van der Waals surface area contributed by atoms with Gasteiger partial charge in [-0.1, -0.05) is 0 Å². The highest BCUT2D eigenvalue weighted by Crippen LogP contribution is 2.13. The Bertz CT molecular complexity index is 389.